The number of anilines is 2. The Hall–Kier alpha value is -1.39. The van der Waals surface area contributed by atoms with Crippen LogP contribution in [0.25, 0.3) is 0 Å². The zero-order valence-corrected chi connectivity index (χ0v) is 14.0. The van der Waals surface area contributed by atoms with Gasteiger partial charge in [-0.05, 0) is 31.5 Å². The molecule has 4 heteroatoms. The summed E-state index contributed by atoms with van der Waals surface area (Å²) in [5, 5.41) is 4.58. The van der Waals surface area contributed by atoms with Gasteiger partial charge in [0.15, 0.2) is 5.13 Å². The van der Waals surface area contributed by atoms with Gasteiger partial charge in [-0.25, -0.2) is 4.98 Å². The van der Waals surface area contributed by atoms with Gasteiger partial charge in [-0.15, -0.1) is 0 Å². The molecule has 2 rings (SSSR count). The minimum absolute atomic E-state index is 0.934. The molecular formula is C17H25N3S. The van der Waals surface area contributed by atoms with Crippen LogP contribution >= 0.6 is 11.3 Å². The number of hydrogen-bond acceptors (Lipinski definition) is 4. The standard InChI is InChI=1S/C17H25N3S/c1-4-9-15-16(13-18-12-5-2)21-17(19-15)20(3)14-10-7-6-8-11-14/h6-8,10-11,18H,4-5,9,12-13H2,1-3H3. The molecule has 114 valence electrons. The quantitative estimate of drug-likeness (QED) is 0.734. The lowest BCUT2D eigenvalue weighted by Crippen LogP contribution is -2.13. The Bertz CT molecular complexity index is 536. The first kappa shape index (κ1) is 16.0. The number of thiazole rings is 1. The predicted octanol–water partition coefficient (Wildman–Crippen LogP) is 4.36. The summed E-state index contributed by atoms with van der Waals surface area (Å²) in [6.07, 6.45) is 3.36. The molecule has 0 fully saturated rings. The molecule has 0 bridgehead atoms. The highest BCUT2D eigenvalue weighted by molar-refractivity contribution is 7.15. The van der Waals surface area contributed by atoms with Gasteiger partial charge in [0, 0.05) is 24.2 Å². The molecule has 1 aromatic carbocycles. The molecule has 0 atom stereocenters. The molecule has 3 nitrogen and oxygen atoms in total. The van der Waals surface area contributed by atoms with E-state index in [0.717, 1.165) is 31.1 Å². The molecular weight excluding hydrogens is 278 g/mol. The molecule has 0 aliphatic rings. The molecule has 1 heterocycles. The minimum atomic E-state index is 0.934. The Kier molecular flexibility index (Phi) is 6.21. The first-order valence-electron chi connectivity index (χ1n) is 7.74. The van der Waals surface area contributed by atoms with E-state index in [0.29, 0.717) is 0 Å². The van der Waals surface area contributed by atoms with Crippen molar-refractivity contribution in [3.63, 3.8) is 0 Å². The lowest BCUT2D eigenvalue weighted by molar-refractivity contribution is 0.674. The third kappa shape index (κ3) is 4.29. The third-order valence-corrected chi connectivity index (χ3v) is 4.57. The van der Waals surface area contributed by atoms with E-state index in [4.69, 9.17) is 4.98 Å². The van der Waals surface area contributed by atoms with Crippen LogP contribution in [0.2, 0.25) is 0 Å². The highest BCUT2D eigenvalue weighted by Crippen LogP contribution is 2.31. The average molecular weight is 303 g/mol. The first-order valence-corrected chi connectivity index (χ1v) is 8.56. The lowest BCUT2D eigenvalue weighted by Gasteiger charge is -2.15. The van der Waals surface area contributed by atoms with Crippen LogP contribution in [-0.2, 0) is 13.0 Å². The first-order chi connectivity index (χ1) is 10.3. The summed E-state index contributed by atoms with van der Waals surface area (Å²) in [6, 6.07) is 10.4. The molecule has 0 radical (unpaired) electrons. The van der Waals surface area contributed by atoms with Crippen molar-refractivity contribution in [1.82, 2.24) is 10.3 Å². The van der Waals surface area contributed by atoms with Crippen LogP contribution < -0.4 is 10.2 Å². The third-order valence-electron chi connectivity index (χ3n) is 3.40. The summed E-state index contributed by atoms with van der Waals surface area (Å²) in [5.74, 6) is 0. The summed E-state index contributed by atoms with van der Waals surface area (Å²) in [4.78, 5) is 8.41. The monoisotopic (exact) mass is 303 g/mol. The number of benzene rings is 1. The molecule has 2 aromatic rings. The van der Waals surface area contributed by atoms with Crippen LogP contribution in [0.1, 0.15) is 37.3 Å². The molecule has 0 saturated heterocycles. The lowest BCUT2D eigenvalue weighted by atomic mass is 10.2. The van der Waals surface area contributed by atoms with Gasteiger partial charge in [-0.2, -0.15) is 0 Å². The average Bonchev–Trinajstić information content (AvgIpc) is 2.91. The zero-order valence-electron chi connectivity index (χ0n) is 13.2. The molecule has 0 saturated carbocycles. The van der Waals surface area contributed by atoms with Gasteiger partial charge in [0.1, 0.15) is 0 Å². The Morgan fingerprint density at radius 1 is 1.14 bits per heavy atom. The Morgan fingerprint density at radius 3 is 2.57 bits per heavy atom. The second kappa shape index (κ2) is 8.15. The Morgan fingerprint density at radius 2 is 1.90 bits per heavy atom. The van der Waals surface area contributed by atoms with E-state index in [1.165, 1.54) is 22.7 Å². The number of hydrogen-bond donors (Lipinski definition) is 1. The van der Waals surface area contributed by atoms with E-state index < -0.39 is 0 Å². The molecule has 0 aliphatic heterocycles. The van der Waals surface area contributed by atoms with Crippen LogP contribution in [0.4, 0.5) is 10.8 Å². The summed E-state index contributed by atoms with van der Waals surface area (Å²) in [7, 11) is 2.09. The van der Waals surface area contributed by atoms with Gasteiger partial charge < -0.3 is 10.2 Å². The normalized spacial score (nSPS) is 10.8. The molecule has 21 heavy (non-hydrogen) atoms. The van der Waals surface area contributed by atoms with E-state index in [1.807, 2.05) is 6.07 Å². The molecule has 0 spiro atoms. The summed E-state index contributed by atoms with van der Waals surface area (Å²) < 4.78 is 0. The maximum atomic E-state index is 4.86. The van der Waals surface area contributed by atoms with Crippen molar-refractivity contribution in [2.45, 2.75) is 39.7 Å². The molecule has 0 amide bonds. The van der Waals surface area contributed by atoms with E-state index in [9.17, 15) is 0 Å². The number of nitrogens with zero attached hydrogens (tertiary/aromatic N) is 2. The largest absolute Gasteiger partial charge is 0.321 e. The maximum absolute atomic E-state index is 4.86. The highest BCUT2D eigenvalue weighted by Gasteiger charge is 2.14. The van der Waals surface area contributed by atoms with Crippen LogP contribution in [0.5, 0.6) is 0 Å². The van der Waals surface area contributed by atoms with Crippen molar-refractivity contribution < 1.29 is 0 Å². The molecule has 1 N–H and O–H groups in total. The number of aromatic nitrogens is 1. The van der Waals surface area contributed by atoms with Gasteiger partial charge in [0.2, 0.25) is 0 Å². The van der Waals surface area contributed by atoms with Gasteiger partial charge in [-0.1, -0.05) is 49.8 Å². The van der Waals surface area contributed by atoms with Crippen molar-refractivity contribution in [3.05, 3.63) is 40.9 Å². The van der Waals surface area contributed by atoms with Crippen LogP contribution in [-0.4, -0.2) is 18.6 Å². The number of para-hydroxylation sites is 1. The smallest absolute Gasteiger partial charge is 0.190 e. The Balaban J connectivity index is 2.17. The molecule has 0 unspecified atom stereocenters. The summed E-state index contributed by atoms with van der Waals surface area (Å²) in [5.41, 5.74) is 2.44. The van der Waals surface area contributed by atoms with Crippen LogP contribution in [0, 0.1) is 0 Å². The fourth-order valence-electron chi connectivity index (χ4n) is 2.22. The fourth-order valence-corrected chi connectivity index (χ4v) is 3.28. The second-order valence-corrected chi connectivity index (χ2v) is 6.25. The van der Waals surface area contributed by atoms with Crippen molar-refractivity contribution >= 4 is 22.2 Å². The predicted molar refractivity (Wildman–Crippen MR) is 92.6 cm³/mol. The van der Waals surface area contributed by atoms with Gasteiger partial charge in [-0.3, -0.25) is 0 Å². The number of nitrogens with one attached hydrogen (secondary N) is 1. The van der Waals surface area contributed by atoms with E-state index in [2.05, 4.69) is 55.4 Å². The topological polar surface area (TPSA) is 28.2 Å². The van der Waals surface area contributed by atoms with Gasteiger partial charge in [0.25, 0.3) is 0 Å². The van der Waals surface area contributed by atoms with E-state index in [-0.39, 0.29) is 0 Å². The van der Waals surface area contributed by atoms with Crippen molar-refractivity contribution in [1.29, 1.82) is 0 Å². The van der Waals surface area contributed by atoms with Crippen molar-refractivity contribution in [2.24, 2.45) is 0 Å². The van der Waals surface area contributed by atoms with Crippen LogP contribution in [0.15, 0.2) is 30.3 Å². The number of rotatable bonds is 8. The fraction of sp³-hybridized carbons (Fsp3) is 0.471. The molecule has 0 aliphatic carbocycles. The van der Waals surface area contributed by atoms with E-state index >= 15 is 0 Å². The van der Waals surface area contributed by atoms with Gasteiger partial charge >= 0.3 is 0 Å². The second-order valence-electron chi connectivity index (χ2n) is 5.19. The number of aryl methyl sites for hydroxylation is 1. The van der Waals surface area contributed by atoms with E-state index in [1.54, 1.807) is 11.3 Å². The van der Waals surface area contributed by atoms with Crippen molar-refractivity contribution in [3.8, 4) is 0 Å². The Labute approximate surface area is 132 Å². The minimum Gasteiger partial charge on any atom is -0.321 e. The molecule has 1 aromatic heterocycles. The summed E-state index contributed by atoms with van der Waals surface area (Å²) in [6.45, 7) is 6.40. The van der Waals surface area contributed by atoms with Gasteiger partial charge in [0.05, 0.1) is 5.69 Å². The SMILES string of the molecule is CCCNCc1sc(N(C)c2ccccc2)nc1CCC. The zero-order chi connectivity index (χ0) is 15.1. The van der Waals surface area contributed by atoms with Crippen molar-refractivity contribution in [2.75, 3.05) is 18.5 Å². The highest BCUT2D eigenvalue weighted by atomic mass is 32.1. The van der Waals surface area contributed by atoms with Crippen LogP contribution in [0.3, 0.4) is 0 Å². The maximum Gasteiger partial charge on any atom is 0.190 e. The summed E-state index contributed by atoms with van der Waals surface area (Å²) >= 11 is 1.81.